The first-order chi connectivity index (χ1) is 13.8. The Morgan fingerprint density at radius 3 is 2.93 bits per heavy atom. The molecule has 0 bridgehead atoms. The van der Waals surface area contributed by atoms with Gasteiger partial charge < -0.3 is 20.1 Å². The number of carboxylic acid groups (broad SMARTS) is 1. The third kappa shape index (κ3) is 5.08. The molecule has 3 aromatic rings. The molecular weight excluding hydrogens is 445 g/mol. The zero-order valence-corrected chi connectivity index (χ0v) is 17.1. The van der Waals surface area contributed by atoms with Crippen molar-refractivity contribution in [2.24, 2.45) is 5.92 Å². The van der Waals surface area contributed by atoms with Gasteiger partial charge in [-0.25, -0.2) is 14.2 Å². The van der Waals surface area contributed by atoms with Crippen molar-refractivity contribution in [1.82, 2.24) is 19.7 Å². The number of nitrogens with zero attached hydrogens (tertiary/aromatic N) is 4. The Bertz CT molecular complexity index is 1030. The number of rotatable bonds is 8. The first-order valence-corrected chi connectivity index (χ1v) is 9.60. The zero-order chi connectivity index (χ0) is 21.0. The maximum Gasteiger partial charge on any atom is 0.339 e. The lowest BCUT2D eigenvalue weighted by atomic mass is 10.1. The summed E-state index contributed by atoms with van der Waals surface area (Å²) in [7, 11) is 0. The van der Waals surface area contributed by atoms with Crippen molar-refractivity contribution < 1.29 is 19.0 Å². The summed E-state index contributed by atoms with van der Waals surface area (Å²) in [6.45, 7) is 2.85. The average Bonchev–Trinajstić information content (AvgIpc) is 3.12. The van der Waals surface area contributed by atoms with E-state index in [0.717, 1.165) is 6.07 Å². The highest BCUT2D eigenvalue weighted by atomic mass is 79.9. The Hall–Kier alpha value is -3.01. The predicted molar refractivity (Wildman–Crippen MR) is 108 cm³/mol. The highest BCUT2D eigenvalue weighted by Crippen LogP contribution is 2.27. The average molecular weight is 464 g/mol. The molecule has 1 unspecified atom stereocenters. The number of ether oxygens (including phenoxy) is 1. The van der Waals surface area contributed by atoms with E-state index in [1.165, 1.54) is 6.07 Å². The van der Waals surface area contributed by atoms with Crippen LogP contribution in [0.5, 0.6) is 5.75 Å². The van der Waals surface area contributed by atoms with Gasteiger partial charge in [0.2, 0.25) is 0 Å². The molecule has 29 heavy (non-hydrogen) atoms. The Morgan fingerprint density at radius 1 is 1.41 bits per heavy atom. The minimum Gasteiger partial charge on any atom is -0.493 e. The number of halogens is 2. The van der Waals surface area contributed by atoms with E-state index in [-0.39, 0.29) is 28.3 Å². The van der Waals surface area contributed by atoms with Crippen molar-refractivity contribution in [3.63, 3.8) is 0 Å². The Morgan fingerprint density at radius 2 is 2.21 bits per heavy atom. The highest BCUT2D eigenvalue weighted by molar-refractivity contribution is 9.10. The normalized spacial score (nSPS) is 12.0. The first kappa shape index (κ1) is 20.7. The molecule has 0 aliphatic heterocycles. The quantitative estimate of drug-likeness (QED) is 0.523. The molecule has 8 nitrogen and oxygen atoms in total. The van der Waals surface area contributed by atoms with Gasteiger partial charge in [-0.15, -0.1) is 10.2 Å². The fourth-order valence-electron chi connectivity index (χ4n) is 2.78. The van der Waals surface area contributed by atoms with Gasteiger partial charge in [0.15, 0.2) is 5.82 Å². The lowest BCUT2D eigenvalue weighted by Gasteiger charge is -2.15. The van der Waals surface area contributed by atoms with E-state index in [9.17, 15) is 14.3 Å². The van der Waals surface area contributed by atoms with Crippen LogP contribution < -0.4 is 10.5 Å². The second-order valence-corrected chi connectivity index (χ2v) is 7.42. The maximum absolute atomic E-state index is 13.7. The summed E-state index contributed by atoms with van der Waals surface area (Å²) >= 11 is 2.98. The molecule has 3 rings (SSSR count). The van der Waals surface area contributed by atoms with Crippen molar-refractivity contribution in [3.05, 3.63) is 52.5 Å². The lowest BCUT2D eigenvalue weighted by Crippen LogP contribution is -2.13. The maximum atomic E-state index is 13.7. The molecule has 3 N–H and O–H groups in total. The molecule has 1 atom stereocenters. The van der Waals surface area contributed by atoms with E-state index in [1.54, 1.807) is 24.5 Å². The fourth-order valence-corrected chi connectivity index (χ4v) is 3.12. The molecule has 0 spiro atoms. The van der Waals surface area contributed by atoms with Gasteiger partial charge in [0.05, 0.1) is 11.1 Å². The molecule has 0 saturated heterocycles. The molecule has 0 fully saturated rings. The molecule has 2 aromatic heterocycles. The zero-order valence-electron chi connectivity index (χ0n) is 15.5. The second-order valence-electron chi connectivity index (χ2n) is 6.56. The largest absolute Gasteiger partial charge is 0.493 e. The van der Waals surface area contributed by atoms with Crippen molar-refractivity contribution in [2.45, 2.75) is 19.9 Å². The van der Waals surface area contributed by atoms with E-state index in [4.69, 9.17) is 10.5 Å². The Balaban J connectivity index is 1.62. The van der Waals surface area contributed by atoms with Gasteiger partial charge in [-0.1, -0.05) is 13.0 Å². The van der Waals surface area contributed by atoms with Gasteiger partial charge in [0.25, 0.3) is 0 Å². The number of pyridine rings is 1. The third-order valence-electron chi connectivity index (χ3n) is 4.24. The molecule has 0 saturated carbocycles. The number of nitrogen functional groups attached to an aromatic ring is 1. The number of benzene rings is 1. The van der Waals surface area contributed by atoms with E-state index in [1.807, 2.05) is 11.5 Å². The predicted octanol–water partition coefficient (Wildman–Crippen LogP) is 3.63. The molecule has 10 heteroatoms. The summed E-state index contributed by atoms with van der Waals surface area (Å²) in [5.74, 6) is -0.610. The van der Waals surface area contributed by atoms with E-state index in [0.29, 0.717) is 30.3 Å². The van der Waals surface area contributed by atoms with Gasteiger partial charge in [-0.3, -0.25) is 0 Å². The fraction of sp³-hybridized carbons (Fsp3) is 0.263. The molecule has 152 valence electrons. The van der Waals surface area contributed by atoms with E-state index < -0.39 is 11.8 Å². The molecule has 2 heterocycles. The van der Waals surface area contributed by atoms with Crippen molar-refractivity contribution in [1.29, 1.82) is 0 Å². The standard InChI is InChI=1S/C19H19BrFN5O3/c1-11(5-6-29-16-8-14(21)13(20)7-12(16)19(27)28)9-26-10-23-25-18(26)15-3-2-4-17(22)24-15/h2-4,7-8,10-11H,5-6,9H2,1H3,(H2,22,24)(H,27,28). The number of carboxylic acids is 1. The second kappa shape index (κ2) is 8.99. The molecule has 0 amide bonds. The van der Waals surface area contributed by atoms with Crippen molar-refractivity contribution in [3.8, 4) is 17.3 Å². The topological polar surface area (TPSA) is 116 Å². The van der Waals surface area contributed by atoms with Gasteiger partial charge in [0.1, 0.15) is 35.0 Å². The van der Waals surface area contributed by atoms with Gasteiger partial charge in [0, 0.05) is 12.6 Å². The summed E-state index contributed by atoms with van der Waals surface area (Å²) in [6, 6.07) is 7.56. The number of hydrogen-bond acceptors (Lipinski definition) is 6. The summed E-state index contributed by atoms with van der Waals surface area (Å²) in [5, 5.41) is 17.3. The lowest BCUT2D eigenvalue weighted by molar-refractivity contribution is 0.0691. The monoisotopic (exact) mass is 463 g/mol. The first-order valence-electron chi connectivity index (χ1n) is 8.81. The SMILES string of the molecule is CC(CCOc1cc(F)c(Br)cc1C(=O)O)Cn1cnnc1-c1cccc(N)n1. The molecule has 0 aliphatic rings. The van der Waals surface area contributed by atoms with Crippen LogP contribution >= 0.6 is 15.9 Å². The van der Waals surface area contributed by atoms with Crippen LogP contribution in [0.4, 0.5) is 10.2 Å². The van der Waals surface area contributed by atoms with Gasteiger partial charge in [-0.05, 0) is 46.5 Å². The number of carbonyl (C=O) groups is 1. The van der Waals surface area contributed by atoms with Crippen LogP contribution in [-0.2, 0) is 6.54 Å². The van der Waals surface area contributed by atoms with Crippen LogP contribution in [0.2, 0.25) is 0 Å². The smallest absolute Gasteiger partial charge is 0.339 e. The van der Waals surface area contributed by atoms with Crippen LogP contribution in [0.1, 0.15) is 23.7 Å². The van der Waals surface area contributed by atoms with Crippen LogP contribution in [0.3, 0.4) is 0 Å². The number of aromatic nitrogens is 4. The van der Waals surface area contributed by atoms with Gasteiger partial charge >= 0.3 is 5.97 Å². The Kier molecular flexibility index (Phi) is 6.42. The summed E-state index contributed by atoms with van der Waals surface area (Å²) < 4.78 is 21.2. The van der Waals surface area contributed by atoms with Gasteiger partial charge in [-0.2, -0.15) is 0 Å². The molecule has 0 aliphatic carbocycles. The van der Waals surface area contributed by atoms with E-state index >= 15 is 0 Å². The molecule has 1 aromatic carbocycles. The minimum atomic E-state index is -1.18. The number of hydrogen-bond donors (Lipinski definition) is 2. The molecular formula is C19H19BrFN5O3. The third-order valence-corrected chi connectivity index (χ3v) is 4.85. The highest BCUT2D eigenvalue weighted by Gasteiger charge is 2.16. The Labute approximate surface area is 174 Å². The number of anilines is 1. The van der Waals surface area contributed by atoms with Crippen LogP contribution in [-0.4, -0.2) is 37.4 Å². The van der Waals surface area contributed by atoms with E-state index in [2.05, 4.69) is 31.1 Å². The van der Waals surface area contributed by atoms with Crippen LogP contribution in [0.25, 0.3) is 11.5 Å². The summed E-state index contributed by atoms with van der Waals surface area (Å²) in [5.41, 5.74) is 6.26. The van der Waals surface area contributed by atoms with Crippen molar-refractivity contribution in [2.75, 3.05) is 12.3 Å². The molecule has 0 radical (unpaired) electrons. The van der Waals surface area contributed by atoms with Crippen LogP contribution in [0.15, 0.2) is 41.1 Å². The van der Waals surface area contributed by atoms with Crippen LogP contribution in [0, 0.1) is 11.7 Å². The summed E-state index contributed by atoms with van der Waals surface area (Å²) in [4.78, 5) is 15.6. The number of aromatic carboxylic acids is 1. The van der Waals surface area contributed by atoms with Crippen molar-refractivity contribution >= 4 is 27.7 Å². The number of nitrogens with two attached hydrogens (primary N) is 1. The minimum absolute atomic E-state index is 0.000604. The summed E-state index contributed by atoms with van der Waals surface area (Å²) in [6.07, 6.45) is 2.23.